The molecule has 0 N–H and O–H groups in total. The first-order valence-corrected chi connectivity index (χ1v) is 5.55. The summed E-state index contributed by atoms with van der Waals surface area (Å²) in [5, 5.41) is 0.738. The quantitative estimate of drug-likeness (QED) is 0.581. The van der Waals surface area contributed by atoms with Crippen LogP contribution in [-0.4, -0.2) is 12.4 Å². The molecule has 0 radical (unpaired) electrons. The van der Waals surface area contributed by atoms with Crippen LogP contribution in [-0.2, 0) is 6.42 Å². The normalized spacial score (nSPS) is 9.07. The number of aryl methyl sites for hydroxylation is 1. The predicted molar refractivity (Wildman–Crippen MR) is 63.0 cm³/mol. The molecule has 1 nitrogen and oxygen atoms in total. The standard InChI is InChI=1S/C12H13BrO/c1-10-9-11(5-3-4-8-13)6-7-12(10)14-2/h6-7,9H,5,8H2,1-2H3. The lowest BCUT2D eigenvalue weighted by molar-refractivity contribution is 0.411. The predicted octanol–water partition coefficient (Wildman–Crippen LogP) is 2.94. The number of benzene rings is 1. The van der Waals surface area contributed by atoms with Gasteiger partial charge in [0.25, 0.3) is 0 Å². The Bertz CT molecular complexity index is 360. The Morgan fingerprint density at radius 2 is 2.14 bits per heavy atom. The number of methoxy groups -OCH3 is 1. The SMILES string of the molecule is COc1ccc(CC#CCBr)cc1C. The molecule has 0 aliphatic heterocycles. The molecule has 0 fully saturated rings. The molecule has 74 valence electrons. The number of ether oxygens (including phenoxy) is 1. The Hall–Kier alpha value is -0.940. The summed E-state index contributed by atoms with van der Waals surface area (Å²) in [5.41, 5.74) is 2.39. The highest BCUT2D eigenvalue weighted by Gasteiger charge is 1.97. The van der Waals surface area contributed by atoms with Gasteiger partial charge < -0.3 is 4.74 Å². The van der Waals surface area contributed by atoms with Crippen LogP contribution in [0, 0.1) is 18.8 Å². The highest BCUT2D eigenvalue weighted by molar-refractivity contribution is 9.09. The van der Waals surface area contributed by atoms with Crippen LogP contribution in [0.1, 0.15) is 11.1 Å². The lowest BCUT2D eigenvalue weighted by Gasteiger charge is -2.04. The van der Waals surface area contributed by atoms with Gasteiger partial charge in [0.2, 0.25) is 0 Å². The monoisotopic (exact) mass is 252 g/mol. The molecule has 0 unspecified atom stereocenters. The molecule has 0 aliphatic rings. The van der Waals surface area contributed by atoms with Crippen LogP contribution in [0.3, 0.4) is 0 Å². The number of hydrogen-bond acceptors (Lipinski definition) is 1. The van der Waals surface area contributed by atoms with Gasteiger partial charge in [-0.3, -0.25) is 0 Å². The Kier molecular flexibility index (Phi) is 4.55. The smallest absolute Gasteiger partial charge is 0.121 e. The van der Waals surface area contributed by atoms with Crippen LogP contribution in [0.4, 0.5) is 0 Å². The summed E-state index contributed by atoms with van der Waals surface area (Å²) < 4.78 is 5.18. The van der Waals surface area contributed by atoms with E-state index in [0.717, 1.165) is 23.1 Å². The van der Waals surface area contributed by atoms with E-state index in [4.69, 9.17) is 4.74 Å². The summed E-state index contributed by atoms with van der Waals surface area (Å²) >= 11 is 3.27. The fourth-order valence-corrected chi connectivity index (χ4v) is 1.46. The summed E-state index contributed by atoms with van der Waals surface area (Å²) in [6, 6.07) is 6.15. The van der Waals surface area contributed by atoms with Gasteiger partial charge in [-0.2, -0.15) is 0 Å². The van der Waals surface area contributed by atoms with E-state index in [1.165, 1.54) is 5.56 Å². The maximum Gasteiger partial charge on any atom is 0.121 e. The van der Waals surface area contributed by atoms with Crippen molar-refractivity contribution in [1.82, 2.24) is 0 Å². The molecule has 14 heavy (non-hydrogen) atoms. The molecule has 1 aromatic carbocycles. The minimum atomic E-state index is 0.738. The first-order valence-electron chi connectivity index (χ1n) is 4.43. The van der Waals surface area contributed by atoms with E-state index >= 15 is 0 Å². The van der Waals surface area contributed by atoms with Gasteiger partial charge in [-0.05, 0) is 24.1 Å². The Morgan fingerprint density at radius 1 is 1.36 bits per heavy atom. The summed E-state index contributed by atoms with van der Waals surface area (Å²) in [5.74, 6) is 6.99. The molecular weight excluding hydrogens is 240 g/mol. The lowest BCUT2D eigenvalue weighted by Crippen LogP contribution is -1.89. The van der Waals surface area contributed by atoms with Crippen molar-refractivity contribution >= 4 is 15.9 Å². The third kappa shape index (κ3) is 3.08. The van der Waals surface area contributed by atoms with Crippen LogP contribution in [0.25, 0.3) is 0 Å². The minimum Gasteiger partial charge on any atom is -0.496 e. The molecule has 2 heteroatoms. The summed E-state index contributed by atoms with van der Waals surface area (Å²) in [7, 11) is 1.69. The molecule has 0 heterocycles. The number of halogens is 1. The largest absolute Gasteiger partial charge is 0.496 e. The van der Waals surface area contributed by atoms with Crippen molar-refractivity contribution in [1.29, 1.82) is 0 Å². The van der Waals surface area contributed by atoms with Crippen molar-refractivity contribution < 1.29 is 4.74 Å². The molecule has 0 aliphatic carbocycles. The first-order chi connectivity index (χ1) is 6.77. The van der Waals surface area contributed by atoms with Gasteiger partial charge in [-0.25, -0.2) is 0 Å². The lowest BCUT2D eigenvalue weighted by atomic mass is 10.1. The average molecular weight is 253 g/mol. The number of alkyl halides is 1. The minimum absolute atomic E-state index is 0.738. The van der Waals surface area contributed by atoms with Gasteiger partial charge in [0, 0.05) is 6.42 Å². The van der Waals surface area contributed by atoms with Gasteiger partial charge >= 0.3 is 0 Å². The Balaban J connectivity index is 2.76. The topological polar surface area (TPSA) is 9.23 Å². The Labute approximate surface area is 93.6 Å². The van der Waals surface area contributed by atoms with Crippen LogP contribution < -0.4 is 4.74 Å². The van der Waals surface area contributed by atoms with Crippen molar-refractivity contribution in [3.63, 3.8) is 0 Å². The first kappa shape index (κ1) is 11.1. The molecule has 0 aromatic heterocycles. The zero-order valence-corrected chi connectivity index (χ0v) is 10.0. The second-order valence-corrected chi connectivity index (χ2v) is 3.53. The van der Waals surface area contributed by atoms with E-state index in [1.54, 1.807) is 7.11 Å². The molecule has 1 rings (SSSR count). The van der Waals surface area contributed by atoms with Crippen molar-refractivity contribution in [3.05, 3.63) is 29.3 Å². The molecular formula is C12H13BrO. The van der Waals surface area contributed by atoms with E-state index in [9.17, 15) is 0 Å². The zero-order valence-electron chi connectivity index (χ0n) is 8.43. The molecule has 0 bridgehead atoms. The van der Waals surface area contributed by atoms with Gasteiger partial charge in [0.05, 0.1) is 12.4 Å². The van der Waals surface area contributed by atoms with Crippen molar-refractivity contribution in [2.24, 2.45) is 0 Å². The number of rotatable bonds is 2. The summed E-state index contributed by atoms with van der Waals surface area (Å²) in [4.78, 5) is 0. The highest BCUT2D eigenvalue weighted by Crippen LogP contribution is 2.18. The molecule has 0 amide bonds. The maximum absolute atomic E-state index is 5.18. The van der Waals surface area contributed by atoms with Crippen LogP contribution in [0.5, 0.6) is 5.75 Å². The van der Waals surface area contributed by atoms with Gasteiger partial charge in [-0.1, -0.05) is 39.9 Å². The van der Waals surface area contributed by atoms with Gasteiger partial charge in [0.15, 0.2) is 0 Å². The maximum atomic E-state index is 5.18. The third-order valence-electron chi connectivity index (χ3n) is 1.94. The van der Waals surface area contributed by atoms with E-state index in [2.05, 4.69) is 39.9 Å². The van der Waals surface area contributed by atoms with Crippen molar-refractivity contribution in [2.45, 2.75) is 13.3 Å². The summed E-state index contributed by atoms with van der Waals surface area (Å²) in [6.45, 7) is 2.04. The third-order valence-corrected chi connectivity index (χ3v) is 2.22. The highest BCUT2D eigenvalue weighted by atomic mass is 79.9. The van der Waals surface area contributed by atoms with E-state index in [0.29, 0.717) is 0 Å². The second kappa shape index (κ2) is 5.72. The zero-order chi connectivity index (χ0) is 10.4. The number of hydrogen-bond donors (Lipinski definition) is 0. The molecule has 0 atom stereocenters. The molecule has 1 aromatic rings. The van der Waals surface area contributed by atoms with Gasteiger partial charge in [0.1, 0.15) is 5.75 Å². The molecule has 0 spiro atoms. The van der Waals surface area contributed by atoms with Crippen molar-refractivity contribution in [3.8, 4) is 17.6 Å². The molecule has 0 saturated carbocycles. The van der Waals surface area contributed by atoms with Gasteiger partial charge in [-0.15, -0.1) is 0 Å². The van der Waals surface area contributed by atoms with Crippen molar-refractivity contribution in [2.75, 3.05) is 12.4 Å². The van der Waals surface area contributed by atoms with Crippen LogP contribution >= 0.6 is 15.9 Å². The average Bonchev–Trinajstić information content (AvgIpc) is 2.18. The van der Waals surface area contributed by atoms with Crippen LogP contribution in [0.2, 0.25) is 0 Å². The van der Waals surface area contributed by atoms with Crippen LogP contribution in [0.15, 0.2) is 18.2 Å². The Morgan fingerprint density at radius 3 is 2.71 bits per heavy atom. The van der Waals surface area contributed by atoms with E-state index in [-0.39, 0.29) is 0 Å². The van der Waals surface area contributed by atoms with E-state index < -0.39 is 0 Å². The molecule has 0 saturated heterocycles. The van der Waals surface area contributed by atoms with E-state index in [1.807, 2.05) is 13.0 Å². The summed E-state index contributed by atoms with van der Waals surface area (Å²) in [6.07, 6.45) is 0.802. The fraction of sp³-hybridized carbons (Fsp3) is 0.333. The fourth-order valence-electron chi connectivity index (χ4n) is 1.26. The second-order valence-electron chi connectivity index (χ2n) is 2.97.